The summed E-state index contributed by atoms with van der Waals surface area (Å²) in [6, 6.07) is 19.1. The van der Waals surface area contributed by atoms with Gasteiger partial charge in [0.1, 0.15) is 36.1 Å². The van der Waals surface area contributed by atoms with Gasteiger partial charge in [0, 0.05) is 25.9 Å². The number of anilines is 1. The van der Waals surface area contributed by atoms with Gasteiger partial charge in [-0.1, -0.05) is 39.8 Å². The largest absolute Gasteiger partial charge is 0.491 e. The molecule has 4 amide bonds. The molecule has 0 radical (unpaired) electrons. The van der Waals surface area contributed by atoms with E-state index < -0.39 is 24.3 Å². The van der Waals surface area contributed by atoms with Crippen LogP contribution in [-0.4, -0.2) is 127 Å². The monoisotopic (exact) mass is 950 g/mol. The molecule has 18 nitrogen and oxygen atoms in total. The normalized spacial score (nSPS) is 20.3. The molecule has 2 aromatic heterocycles. The van der Waals surface area contributed by atoms with Crippen LogP contribution in [0.25, 0.3) is 22.1 Å². The number of aromatic nitrogens is 4. The van der Waals surface area contributed by atoms with Gasteiger partial charge in [0.2, 0.25) is 11.8 Å². The number of ether oxygens (including phenoxy) is 5. The maximum absolute atomic E-state index is 13.9. The second-order valence-electron chi connectivity index (χ2n) is 18.9. The highest BCUT2D eigenvalue weighted by Gasteiger charge is 2.40. The minimum Gasteiger partial charge on any atom is -0.491 e. The van der Waals surface area contributed by atoms with Gasteiger partial charge in [-0.2, -0.15) is 0 Å². The van der Waals surface area contributed by atoms with Crippen molar-refractivity contribution in [1.82, 2.24) is 40.4 Å². The number of benzene rings is 3. The summed E-state index contributed by atoms with van der Waals surface area (Å²) in [7, 11) is 4.24. The first kappa shape index (κ1) is 49.0. The first-order valence-electron chi connectivity index (χ1n) is 24.3. The van der Waals surface area contributed by atoms with Gasteiger partial charge >= 0.3 is 12.2 Å². The molecule has 0 bridgehead atoms. The van der Waals surface area contributed by atoms with Gasteiger partial charge in [0.25, 0.3) is 0 Å². The van der Waals surface area contributed by atoms with Crippen LogP contribution >= 0.6 is 0 Å². The fourth-order valence-corrected chi connectivity index (χ4v) is 10.2. The Hall–Kier alpha value is -6.40. The molecule has 3 aliphatic rings. The van der Waals surface area contributed by atoms with Crippen LogP contribution in [0.1, 0.15) is 113 Å². The zero-order valence-electron chi connectivity index (χ0n) is 40.8. The quantitative estimate of drug-likeness (QED) is 0.0626. The number of aromatic amines is 2. The molecule has 370 valence electrons. The Kier molecular flexibility index (Phi) is 15.6. The number of rotatable bonds is 18. The van der Waals surface area contributed by atoms with Crippen molar-refractivity contribution in [1.29, 1.82) is 0 Å². The summed E-state index contributed by atoms with van der Waals surface area (Å²) in [6.45, 7) is 10.7. The third kappa shape index (κ3) is 10.8. The van der Waals surface area contributed by atoms with Crippen molar-refractivity contribution in [3.05, 3.63) is 83.4 Å². The summed E-state index contributed by atoms with van der Waals surface area (Å²) >= 11 is 0. The number of fused-ring (bicyclic) bond motifs is 2. The second kappa shape index (κ2) is 21.9. The van der Waals surface area contributed by atoms with Crippen molar-refractivity contribution >= 4 is 51.8 Å². The Bertz CT molecular complexity index is 2430. The molecule has 6 atom stereocenters. The molecule has 8 rings (SSSR count). The maximum Gasteiger partial charge on any atom is 0.407 e. The van der Waals surface area contributed by atoms with Crippen molar-refractivity contribution in [2.75, 3.05) is 65.7 Å². The molecular formula is C51H67N9O9. The number of carbonyl (C=O) groups excluding carboxylic acids is 4. The van der Waals surface area contributed by atoms with Crippen LogP contribution in [0, 0.1) is 11.8 Å². The van der Waals surface area contributed by atoms with Gasteiger partial charge in [-0.25, -0.2) is 19.6 Å². The van der Waals surface area contributed by atoms with E-state index in [1.807, 2.05) is 49.6 Å². The number of hydrogen-bond acceptors (Lipinski definition) is 12. The molecule has 3 fully saturated rings. The molecule has 3 aliphatic heterocycles. The number of methoxy groups -OCH3 is 3. The van der Waals surface area contributed by atoms with E-state index >= 15 is 0 Å². The summed E-state index contributed by atoms with van der Waals surface area (Å²) in [4.78, 5) is 75.6. The summed E-state index contributed by atoms with van der Waals surface area (Å²) in [5, 5.41) is 5.47. The number of hydrogen-bond donors (Lipinski definition) is 4. The van der Waals surface area contributed by atoms with Gasteiger partial charge < -0.3 is 59.0 Å². The van der Waals surface area contributed by atoms with E-state index in [1.54, 1.807) is 7.11 Å². The lowest BCUT2D eigenvalue weighted by Crippen LogP contribution is -2.51. The SMILES string of the molecule is COCCOCCOc1ccc(N2[C@@H](c3ccc4nc([C@@H]5CCCN5C(=O)[C@@H](NC(=O)OC)C(C)C)[nH]c4c3)CC[C@@H]2c2ccc3nc([C@@H]4CCCN4C(=O)[C@@H](NC(=O)OC)C(C)C)[nH]c3c2)cc1. The number of nitrogens with zero attached hydrogens (tertiary/aromatic N) is 5. The lowest BCUT2D eigenvalue weighted by atomic mass is 10.0. The first-order chi connectivity index (χ1) is 33.4. The van der Waals surface area contributed by atoms with Crippen LogP contribution in [-0.2, 0) is 28.5 Å². The average Bonchev–Trinajstić information content (AvgIpc) is 4.21. The third-order valence-corrected chi connectivity index (χ3v) is 13.8. The van der Waals surface area contributed by atoms with Crippen LogP contribution in [0.15, 0.2) is 60.7 Å². The highest BCUT2D eigenvalue weighted by molar-refractivity contribution is 5.87. The standard InChI is InChI=1S/C51H67N9O9/c1-30(2)44(56-50(63)66-6)48(61)58-22-8-10-42(58)46-52-36-18-12-32(28-38(36)54-46)40-20-21-41(60(40)34-14-16-35(17-15-34)69-27-26-68-25-24-65-5)33-13-19-37-39(29-33)55-47(53-37)43-11-9-23-59(43)49(62)45(31(3)4)57-51(64)67-7/h12-19,28-31,40-45H,8-11,20-27H2,1-7H3,(H,52,54)(H,53,55)(H,56,63)(H,57,64)/t40-,41-,42+,43+,44+,45+/m1/s1. The molecule has 0 saturated carbocycles. The topological polar surface area (TPSA) is 206 Å². The van der Waals surface area contributed by atoms with E-state index in [1.165, 1.54) is 14.2 Å². The van der Waals surface area contributed by atoms with Crippen molar-refractivity contribution < 1.29 is 42.9 Å². The fourth-order valence-electron chi connectivity index (χ4n) is 10.2. The smallest absolute Gasteiger partial charge is 0.407 e. The molecule has 5 aromatic rings. The van der Waals surface area contributed by atoms with Gasteiger partial charge in [-0.15, -0.1) is 0 Å². The Morgan fingerprint density at radius 1 is 0.623 bits per heavy atom. The van der Waals surface area contributed by atoms with Crippen LogP contribution in [0.2, 0.25) is 0 Å². The second-order valence-corrected chi connectivity index (χ2v) is 18.9. The summed E-state index contributed by atoms with van der Waals surface area (Å²) < 4.78 is 26.4. The molecule has 0 spiro atoms. The van der Waals surface area contributed by atoms with E-state index in [9.17, 15) is 19.2 Å². The number of alkyl carbamates (subject to hydrolysis) is 2. The Labute approximate surface area is 403 Å². The summed E-state index contributed by atoms with van der Waals surface area (Å²) in [5.74, 6) is 1.63. The van der Waals surface area contributed by atoms with Crippen LogP contribution in [0.5, 0.6) is 5.75 Å². The van der Waals surface area contributed by atoms with E-state index in [2.05, 4.69) is 74.0 Å². The predicted octanol–water partition coefficient (Wildman–Crippen LogP) is 7.65. The van der Waals surface area contributed by atoms with Crippen molar-refractivity contribution in [3.8, 4) is 5.75 Å². The van der Waals surface area contributed by atoms with Crippen LogP contribution in [0.4, 0.5) is 15.3 Å². The highest BCUT2D eigenvalue weighted by atomic mass is 16.5. The molecule has 0 unspecified atom stereocenters. The lowest BCUT2D eigenvalue weighted by molar-refractivity contribution is -0.136. The summed E-state index contributed by atoms with van der Waals surface area (Å²) in [6.07, 6.45) is 3.66. The fraction of sp³-hybridized carbons (Fsp3) is 0.529. The van der Waals surface area contributed by atoms with E-state index in [0.717, 1.165) is 94.8 Å². The Balaban J connectivity index is 1.07. The number of carbonyl (C=O) groups is 4. The number of likely N-dealkylation sites (tertiary alicyclic amines) is 2. The number of nitrogens with one attached hydrogen (secondary N) is 4. The molecular weight excluding hydrogens is 883 g/mol. The molecule has 18 heteroatoms. The third-order valence-electron chi connectivity index (χ3n) is 13.8. The van der Waals surface area contributed by atoms with Crippen molar-refractivity contribution in [2.24, 2.45) is 11.8 Å². The van der Waals surface area contributed by atoms with Gasteiger partial charge in [-0.3, -0.25) is 9.59 Å². The molecule has 4 N–H and O–H groups in total. The van der Waals surface area contributed by atoms with Crippen LogP contribution in [0.3, 0.4) is 0 Å². The number of amides is 4. The van der Waals surface area contributed by atoms with Gasteiger partial charge in [0.05, 0.1) is 80.3 Å². The number of imidazole rings is 2. The maximum atomic E-state index is 13.9. The zero-order chi connectivity index (χ0) is 48.8. The Morgan fingerprint density at radius 2 is 1.10 bits per heavy atom. The minimum absolute atomic E-state index is 0.00597. The number of H-pyrrole nitrogens is 2. The molecule has 69 heavy (non-hydrogen) atoms. The van der Waals surface area contributed by atoms with Gasteiger partial charge in [0.15, 0.2) is 0 Å². The molecule has 3 aromatic carbocycles. The van der Waals surface area contributed by atoms with E-state index in [0.29, 0.717) is 39.5 Å². The van der Waals surface area contributed by atoms with Gasteiger partial charge in [-0.05, 0) is 110 Å². The summed E-state index contributed by atoms with van der Waals surface area (Å²) in [5.41, 5.74) is 6.72. The molecule has 0 aliphatic carbocycles. The Morgan fingerprint density at radius 3 is 1.55 bits per heavy atom. The zero-order valence-corrected chi connectivity index (χ0v) is 40.8. The van der Waals surface area contributed by atoms with Crippen molar-refractivity contribution in [2.45, 2.75) is 102 Å². The highest BCUT2D eigenvalue weighted by Crippen LogP contribution is 2.48. The lowest BCUT2D eigenvalue weighted by Gasteiger charge is -2.33. The predicted molar refractivity (Wildman–Crippen MR) is 260 cm³/mol. The van der Waals surface area contributed by atoms with E-state index in [4.69, 9.17) is 33.7 Å². The molecule has 5 heterocycles. The minimum atomic E-state index is -0.721. The average molecular weight is 950 g/mol. The molecule has 3 saturated heterocycles. The van der Waals surface area contributed by atoms with E-state index in [-0.39, 0.29) is 47.8 Å². The van der Waals surface area contributed by atoms with Crippen molar-refractivity contribution in [3.63, 3.8) is 0 Å². The van der Waals surface area contributed by atoms with Crippen LogP contribution < -0.4 is 20.3 Å². The first-order valence-corrected chi connectivity index (χ1v) is 24.3.